The summed E-state index contributed by atoms with van der Waals surface area (Å²) < 4.78 is 6.43. The first-order valence-corrected chi connectivity index (χ1v) is 10.3. The fraction of sp³-hybridized carbons (Fsp3) is 0.227. The number of nitrogens with zero attached hydrogens (tertiary/aromatic N) is 1. The van der Waals surface area contributed by atoms with E-state index in [9.17, 15) is 14.4 Å². The van der Waals surface area contributed by atoms with E-state index >= 15 is 0 Å². The van der Waals surface area contributed by atoms with Gasteiger partial charge in [0.2, 0.25) is 5.91 Å². The summed E-state index contributed by atoms with van der Waals surface area (Å²) in [4.78, 5) is 37.8. The van der Waals surface area contributed by atoms with Crippen molar-refractivity contribution in [3.05, 3.63) is 65.0 Å². The number of thiophene rings is 1. The number of rotatable bonds is 6. The molecule has 148 valence electrons. The SMILES string of the molecule is O=C(CNC(=O)c1ccc(N2CCCC2=O)cc1)OCc1csc2ccccc12. The lowest BCUT2D eigenvalue weighted by Gasteiger charge is -2.15. The van der Waals surface area contributed by atoms with E-state index in [-0.39, 0.29) is 25.0 Å². The second-order valence-electron chi connectivity index (χ2n) is 6.80. The van der Waals surface area contributed by atoms with E-state index in [4.69, 9.17) is 4.74 Å². The number of fused-ring (bicyclic) bond motifs is 1. The molecule has 1 fully saturated rings. The van der Waals surface area contributed by atoms with Crippen LogP contribution in [0.25, 0.3) is 10.1 Å². The average Bonchev–Trinajstić information content (AvgIpc) is 3.36. The number of anilines is 1. The second kappa shape index (κ2) is 8.45. The molecule has 0 saturated carbocycles. The van der Waals surface area contributed by atoms with Gasteiger partial charge in [-0.2, -0.15) is 0 Å². The number of benzene rings is 2. The topological polar surface area (TPSA) is 75.7 Å². The zero-order valence-corrected chi connectivity index (χ0v) is 16.5. The van der Waals surface area contributed by atoms with Crippen molar-refractivity contribution in [1.82, 2.24) is 5.32 Å². The van der Waals surface area contributed by atoms with Gasteiger partial charge in [-0.25, -0.2) is 0 Å². The van der Waals surface area contributed by atoms with Crippen LogP contribution in [0.3, 0.4) is 0 Å². The van der Waals surface area contributed by atoms with Crippen LogP contribution < -0.4 is 10.2 Å². The van der Waals surface area contributed by atoms with Crippen LogP contribution in [-0.2, 0) is 20.9 Å². The lowest BCUT2D eigenvalue weighted by atomic mass is 10.2. The van der Waals surface area contributed by atoms with E-state index in [0.717, 1.165) is 27.8 Å². The third-order valence-corrected chi connectivity index (χ3v) is 5.87. The van der Waals surface area contributed by atoms with Crippen molar-refractivity contribution in [2.45, 2.75) is 19.4 Å². The van der Waals surface area contributed by atoms with Crippen LogP contribution in [0.4, 0.5) is 5.69 Å². The molecule has 2 amide bonds. The van der Waals surface area contributed by atoms with E-state index in [2.05, 4.69) is 5.32 Å². The smallest absolute Gasteiger partial charge is 0.325 e. The first kappa shape index (κ1) is 19.1. The highest BCUT2D eigenvalue weighted by molar-refractivity contribution is 7.17. The molecule has 6 nitrogen and oxygen atoms in total. The number of esters is 1. The lowest BCUT2D eigenvalue weighted by molar-refractivity contribution is -0.143. The van der Waals surface area contributed by atoms with Crippen LogP contribution >= 0.6 is 11.3 Å². The minimum atomic E-state index is -0.493. The summed E-state index contributed by atoms with van der Waals surface area (Å²) in [5.74, 6) is -0.751. The van der Waals surface area contributed by atoms with Gasteiger partial charge in [0, 0.05) is 34.5 Å². The van der Waals surface area contributed by atoms with Gasteiger partial charge in [-0.05, 0) is 47.5 Å². The predicted octanol–water partition coefficient (Wildman–Crippen LogP) is 3.50. The Labute approximate surface area is 172 Å². The van der Waals surface area contributed by atoms with Crippen LogP contribution in [0.1, 0.15) is 28.8 Å². The number of carbonyl (C=O) groups excluding carboxylic acids is 3. The minimum absolute atomic E-state index is 0.100. The van der Waals surface area contributed by atoms with Gasteiger partial charge < -0.3 is 15.0 Å². The monoisotopic (exact) mass is 408 g/mol. The van der Waals surface area contributed by atoms with Gasteiger partial charge in [-0.15, -0.1) is 11.3 Å². The standard InChI is InChI=1S/C22H20N2O4S/c25-20-6-3-11-24(20)17-9-7-15(8-10-17)22(27)23-12-21(26)28-13-16-14-29-19-5-2-1-4-18(16)19/h1-2,4-5,7-10,14H,3,6,11-13H2,(H,23,27). The van der Waals surface area contributed by atoms with Crippen molar-refractivity contribution < 1.29 is 19.1 Å². The molecule has 0 unspecified atom stereocenters. The molecular weight excluding hydrogens is 388 g/mol. The Morgan fingerprint density at radius 3 is 2.66 bits per heavy atom. The Morgan fingerprint density at radius 2 is 1.90 bits per heavy atom. The minimum Gasteiger partial charge on any atom is -0.459 e. The van der Waals surface area contributed by atoms with Crippen molar-refractivity contribution in [2.24, 2.45) is 0 Å². The summed E-state index contributed by atoms with van der Waals surface area (Å²) in [6.45, 7) is 0.681. The Morgan fingerprint density at radius 1 is 1.10 bits per heavy atom. The molecule has 1 aliphatic heterocycles. The van der Waals surface area contributed by atoms with E-state index in [1.165, 1.54) is 0 Å². The van der Waals surface area contributed by atoms with Crippen LogP contribution in [0, 0.1) is 0 Å². The lowest BCUT2D eigenvalue weighted by Crippen LogP contribution is -2.30. The van der Waals surface area contributed by atoms with Gasteiger partial charge in [-0.1, -0.05) is 18.2 Å². The molecule has 4 rings (SSSR count). The molecule has 2 aromatic carbocycles. The van der Waals surface area contributed by atoms with Crippen LogP contribution in [0.15, 0.2) is 53.9 Å². The van der Waals surface area contributed by atoms with Gasteiger partial charge in [0.1, 0.15) is 13.2 Å². The summed E-state index contributed by atoms with van der Waals surface area (Å²) in [6.07, 6.45) is 1.41. The van der Waals surface area contributed by atoms with Crippen molar-refractivity contribution in [3.63, 3.8) is 0 Å². The first-order chi connectivity index (χ1) is 14.1. The van der Waals surface area contributed by atoms with Gasteiger partial charge in [0.05, 0.1) is 0 Å². The summed E-state index contributed by atoms with van der Waals surface area (Å²) in [6, 6.07) is 14.7. The quantitative estimate of drug-likeness (QED) is 0.634. The predicted molar refractivity (Wildman–Crippen MR) is 112 cm³/mol. The van der Waals surface area contributed by atoms with Crippen LogP contribution in [0.5, 0.6) is 0 Å². The Hall–Kier alpha value is -3.19. The molecule has 1 aromatic heterocycles. The molecular formula is C22H20N2O4S. The number of hydrogen-bond donors (Lipinski definition) is 1. The molecule has 1 aliphatic rings. The summed E-state index contributed by atoms with van der Waals surface area (Å²) in [5, 5.41) is 5.62. The zero-order chi connectivity index (χ0) is 20.2. The van der Waals surface area contributed by atoms with Crippen molar-refractivity contribution in [2.75, 3.05) is 18.0 Å². The molecule has 0 spiro atoms. The van der Waals surface area contributed by atoms with Crippen LogP contribution in [-0.4, -0.2) is 30.9 Å². The zero-order valence-electron chi connectivity index (χ0n) is 15.7. The molecule has 0 aliphatic carbocycles. The normalized spacial score (nSPS) is 13.7. The Balaban J connectivity index is 1.27. The molecule has 29 heavy (non-hydrogen) atoms. The summed E-state index contributed by atoms with van der Waals surface area (Å²) in [5.41, 5.74) is 2.17. The highest BCUT2D eigenvalue weighted by atomic mass is 32.1. The van der Waals surface area contributed by atoms with E-state index in [1.54, 1.807) is 40.5 Å². The van der Waals surface area contributed by atoms with Crippen molar-refractivity contribution in [3.8, 4) is 0 Å². The molecule has 3 aromatic rings. The molecule has 1 N–H and O–H groups in total. The van der Waals surface area contributed by atoms with Gasteiger partial charge >= 0.3 is 5.97 Å². The highest BCUT2D eigenvalue weighted by Crippen LogP contribution is 2.26. The number of hydrogen-bond acceptors (Lipinski definition) is 5. The summed E-state index contributed by atoms with van der Waals surface area (Å²) in [7, 11) is 0. The fourth-order valence-corrected chi connectivity index (χ4v) is 4.27. The highest BCUT2D eigenvalue weighted by Gasteiger charge is 2.21. The molecule has 0 atom stereocenters. The van der Waals surface area contributed by atoms with Crippen LogP contribution in [0.2, 0.25) is 0 Å². The molecule has 1 saturated heterocycles. The number of amides is 2. The van der Waals surface area contributed by atoms with E-state index < -0.39 is 5.97 Å². The number of carbonyl (C=O) groups is 3. The van der Waals surface area contributed by atoms with Crippen molar-refractivity contribution >= 4 is 44.9 Å². The van der Waals surface area contributed by atoms with Gasteiger partial charge in [0.15, 0.2) is 0 Å². The van der Waals surface area contributed by atoms with Gasteiger partial charge in [0.25, 0.3) is 5.91 Å². The number of ether oxygens (including phenoxy) is 1. The Kier molecular flexibility index (Phi) is 5.57. The number of nitrogens with one attached hydrogen (secondary N) is 1. The van der Waals surface area contributed by atoms with E-state index in [1.807, 2.05) is 29.6 Å². The third kappa shape index (κ3) is 4.30. The molecule has 7 heteroatoms. The maximum Gasteiger partial charge on any atom is 0.325 e. The van der Waals surface area contributed by atoms with Crippen molar-refractivity contribution in [1.29, 1.82) is 0 Å². The third-order valence-electron chi connectivity index (χ3n) is 4.86. The fourth-order valence-electron chi connectivity index (χ4n) is 3.32. The molecule has 0 radical (unpaired) electrons. The Bertz CT molecular complexity index is 1060. The second-order valence-corrected chi connectivity index (χ2v) is 7.71. The first-order valence-electron chi connectivity index (χ1n) is 9.41. The molecule has 0 bridgehead atoms. The average molecular weight is 408 g/mol. The largest absolute Gasteiger partial charge is 0.459 e. The maximum atomic E-state index is 12.3. The molecule has 2 heterocycles. The van der Waals surface area contributed by atoms with Gasteiger partial charge in [-0.3, -0.25) is 14.4 Å². The summed E-state index contributed by atoms with van der Waals surface area (Å²) >= 11 is 1.61. The maximum absolute atomic E-state index is 12.3. The van der Waals surface area contributed by atoms with E-state index in [0.29, 0.717) is 18.5 Å².